The number of benzene rings is 2. The predicted octanol–water partition coefficient (Wildman–Crippen LogP) is 12.6. The summed E-state index contributed by atoms with van der Waals surface area (Å²) in [6.45, 7) is 25.4. The maximum absolute atomic E-state index is 11.9. The van der Waals surface area contributed by atoms with Gasteiger partial charge in [-0.15, -0.1) is 0 Å². The number of aromatic nitrogens is 1. The highest BCUT2D eigenvalue weighted by molar-refractivity contribution is 5.98. The number of Topliss-reactive ketones (excluding diaryl/α,β-unsaturated/α-hetero) is 1. The number of ketones is 1. The van der Waals surface area contributed by atoms with Gasteiger partial charge in [0.2, 0.25) is 0 Å². The highest BCUT2D eigenvalue weighted by Crippen LogP contribution is 2.39. The van der Waals surface area contributed by atoms with Crippen molar-refractivity contribution in [2.45, 2.75) is 145 Å². The van der Waals surface area contributed by atoms with E-state index in [0.29, 0.717) is 23.2 Å². The number of nitriles is 1. The lowest BCUT2D eigenvalue weighted by atomic mass is 9.79. The van der Waals surface area contributed by atoms with Crippen LogP contribution in [0.3, 0.4) is 0 Å². The molecule has 0 spiro atoms. The summed E-state index contributed by atoms with van der Waals surface area (Å²) in [6.07, 6.45) is 15.9. The summed E-state index contributed by atoms with van der Waals surface area (Å²) in [6, 6.07) is 18.3. The maximum atomic E-state index is 11.9. The molecule has 0 bridgehead atoms. The molecule has 302 valence electrons. The van der Waals surface area contributed by atoms with E-state index in [1.54, 1.807) is 19.4 Å². The molecule has 0 unspecified atom stereocenters. The molecule has 3 aromatic rings. The Labute approximate surface area is 335 Å². The van der Waals surface area contributed by atoms with Crippen LogP contribution in [0.4, 0.5) is 0 Å². The first kappa shape index (κ1) is 47.4. The smallest absolute Gasteiger partial charge is 0.165 e. The van der Waals surface area contributed by atoms with Crippen molar-refractivity contribution in [1.29, 1.82) is 5.26 Å². The molecule has 0 radical (unpaired) electrons. The number of methoxy groups -OCH3 is 1. The highest BCUT2D eigenvalue weighted by atomic mass is 16.5. The first-order valence-corrected chi connectivity index (χ1v) is 20.9. The van der Waals surface area contributed by atoms with Gasteiger partial charge in [-0.2, -0.15) is 5.26 Å². The van der Waals surface area contributed by atoms with Crippen molar-refractivity contribution in [2.24, 2.45) is 5.92 Å². The summed E-state index contributed by atoms with van der Waals surface area (Å²) < 4.78 is 11.5. The third-order valence-electron chi connectivity index (χ3n) is 10.8. The number of pyridine rings is 1. The van der Waals surface area contributed by atoms with Gasteiger partial charge < -0.3 is 9.47 Å². The Kier molecular flexibility index (Phi) is 21.9. The van der Waals surface area contributed by atoms with Crippen molar-refractivity contribution < 1.29 is 14.3 Å². The fourth-order valence-corrected chi connectivity index (χ4v) is 6.40. The van der Waals surface area contributed by atoms with Crippen LogP contribution in [0.25, 0.3) is 0 Å². The molecule has 1 aromatic heterocycles. The van der Waals surface area contributed by atoms with Gasteiger partial charge in [-0.25, -0.2) is 0 Å². The van der Waals surface area contributed by atoms with Crippen LogP contribution in [0.2, 0.25) is 0 Å². The van der Waals surface area contributed by atoms with Gasteiger partial charge in [0.25, 0.3) is 0 Å². The summed E-state index contributed by atoms with van der Waals surface area (Å²) in [4.78, 5) is 18.9. The minimum atomic E-state index is -0.585. The number of piperidine rings is 1. The van der Waals surface area contributed by atoms with Crippen LogP contribution in [0.5, 0.6) is 5.75 Å². The maximum Gasteiger partial charge on any atom is 0.165 e. The standard InChI is InChI=1S/C26H33N3O.C13H16O.C6H14O.C4H10/c1-6-19(2)18-29-14-12-22(13-15-29)23-9-7-8-20(3)25(23)30-26(4,5)24-11-10-21(16-27)17-28-24;1-9-6-7-12(8-10(9)2)13(14)11-4-3-5-11;1-3-4-5-6-7-2;1-3-4-2/h6-11,17,22H,12-15,18H2,1-5H3;6-8,11H,3-5H2,1-2H3;3-6H2,1-2H3;3-4H2,1-2H3/b19-6-;;;. The van der Waals surface area contributed by atoms with Crippen LogP contribution in [0.1, 0.15) is 162 Å². The normalized spacial score (nSPS) is 14.8. The second-order valence-corrected chi connectivity index (χ2v) is 15.8. The average Bonchev–Trinajstić information content (AvgIpc) is 3.17. The lowest BCUT2D eigenvalue weighted by Gasteiger charge is -2.35. The van der Waals surface area contributed by atoms with Crippen LogP contribution in [-0.2, 0) is 10.3 Å². The van der Waals surface area contributed by atoms with Crippen molar-refractivity contribution in [3.63, 3.8) is 0 Å². The van der Waals surface area contributed by atoms with Gasteiger partial charge in [0.1, 0.15) is 17.4 Å². The number of aryl methyl sites for hydroxylation is 3. The van der Waals surface area contributed by atoms with Crippen molar-refractivity contribution in [1.82, 2.24) is 9.88 Å². The molecular weight excluding hydrogens is 679 g/mol. The summed E-state index contributed by atoms with van der Waals surface area (Å²) >= 11 is 0. The zero-order chi connectivity index (χ0) is 40.8. The summed E-state index contributed by atoms with van der Waals surface area (Å²) in [5, 5.41) is 9.04. The summed E-state index contributed by atoms with van der Waals surface area (Å²) in [7, 11) is 1.75. The molecule has 2 aliphatic rings. The third kappa shape index (κ3) is 16.1. The van der Waals surface area contributed by atoms with Crippen LogP contribution < -0.4 is 4.74 Å². The molecule has 0 amide bonds. The molecule has 55 heavy (non-hydrogen) atoms. The SMILES string of the molecule is C/C=C(/C)CN1CCC(c2cccc(C)c2OC(C)(C)c2ccc(C#N)cn2)CC1.CCCC.CCCCCOC.Cc1ccc(C(=O)C2CCC2)cc1C. The van der Waals surface area contributed by atoms with Crippen molar-refractivity contribution in [3.8, 4) is 11.8 Å². The molecule has 2 aromatic carbocycles. The highest BCUT2D eigenvalue weighted by Gasteiger charge is 2.30. The van der Waals surface area contributed by atoms with E-state index < -0.39 is 5.60 Å². The first-order valence-electron chi connectivity index (χ1n) is 20.9. The number of hydrogen-bond acceptors (Lipinski definition) is 6. The van der Waals surface area contributed by atoms with Gasteiger partial charge >= 0.3 is 0 Å². The molecule has 1 aliphatic carbocycles. The Morgan fingerprint density at radius 1 is 0.927 bits per heavy atom. The largest absolute Gasteiger partial charge is 0.481 e. The van der Waals surface area contributed by atoms with Crippen LogP contribution in [0.15, 0.2) is 66.4 Å². The molecule has 6 nitrogen and oxygen atoms in total. The van der Waals surface area contributed by atoms with Crippen LogP contribution in [0, 0.1) is 38.0 Å². The van der Waals surface area contributed by atoms with Crippen LogP contribution in [-0.4, -0.2) is 49.0 Å². The number of likely N-dealkylation sites (tertiary alicyclic amines) is 1. The fraction of sp³-hybridized carbons (Fsp3) is 0.571. The molecule has 6 heteroatoms. The fourth-order valence-electron chi connectivity index (χ4n) is 6.40. The Balaban J connectivity index is 0.000000342. The van der Waals surface area contributed by atoms with Gasteiger partial charge in [0.05, 0.1) is 11.3 Å². The Morgan fingerprint density at radius 3 is 2.13 bits per heavy atom. The summed E-state index contributed by atoms with van der Waals surface area (Å²) in [5.41, 5.74) is 8.07. The number of hydrogen-bond donors (Lipinski definition) is 0. The Morgan fingerprint density at radius 2 is 1.62 bits per heavy atom. The van der Waals surface area contributed by atoms with E-state index in [-0.39, 0.29) is 0 Å². The van der Waals surface area contributed by atoms with E-state index in [2.05, 4.69) is 95.6 Å². The van der Waals surface area contributed by atoms with E-state index in [0.717, 1.165) is 74.5 Å². The monoisotopic (exact) mass is 752 g/mol. The zero-order valence-electron chi connectivity index (χ0n) is 36.4. The molecule has 2 heterocycles. The molecule has 1 aliphatic heterocycles. The lowest BCUT2D eigenvalue weighted by Crippen LogP contribution is -2.34. The number of carbonyl (C=O) groups excluding carboxylic acids is 1. The number of rotatable bonds is 13. The quantitative estimate of drug-likeness (QED) is 0.0983. The van der Waals surface area contributed by atoms with Crippen molar-refractivity contribution >= 4 is 5.78 Å². The van der Waals surface area contributed by atoms with Gasteiger partial charge in [-0.05, 0) is 140 Å². The van der Waals surface area contributed by atoms with Gasteiger partial charge in [0.15, 0.2) is 5.78 Å². The average molecular weight is 752 g/mol. The second kappa shape index (κ2) is 25.4. The second-order valence-electron chi connectivity index (χ2n) is 15.8. The van der Waals surface area contributed by atoms with Crippen LogP contribution >= 0.6 is 0 Å². The van der Waals surface area contributed by atoms with Crippen molar-refractivity contribution in [2.75, 3.05) is 33.4 Å². The number of carbonyl (C=O) groups is 1. The molecule has 0 N–H and O–H groups in total. The van der Waals surface area contributed by atoms with Crippen molar-refractivity contribution in [3.05, 3.63) is 105 Å². The van der Waals surface area contributed by atoms with E-state index in [9.17, 15) is 4.79 Å². The number of ether oxygens (including phenoxy) is 2. The molecule has 1 saturated carbocycles. The minimum absolute atomic E-state index is 0.317. The van der Waals surface area contributed by atoms with Gasteiger partial charge in [-0.1, -0.05) is 94.9 Å². The third-order valence-corrected chi connectivity index (χ3v) is 10.8. The van der Waals surface area contributed by atoms with E-state index in [1.165, 1.54) is 60.8 Å². The lowest BCUT2D eigenvalue weighted by molar-refractivity contribution is 0.0855. The molecule has 0 atom stereocenters. The molecule has 1 saturated heterocycles. The number of unbranched alkanes of at least 4 members (excludes halogenated alkanes) is 3. The summed E-state index contributed by atoms with van der Waals surface area (Å²) in [5.74, 6) is 2.15. The first-order chi connectivity index (χ1) is 26.3. The molecule has 5 rings (SSSR count). The van der Waals surface area contributed by atoms with Gasteiger partial charge in [0, 0.05) is 37.9 Å². The zero-order valence-corrected chi connectivity index (χ0v) is 36.4. The Bertz CT molecular complexity index is 1620. The number of allylic oxidation sites excluding steroid dienone is 1. The minimum Gasteiger partial charge on any atom is -0.481 e. The molecule has 2 fully saturated rings. The van der Waals surface area contributed by atoms with E-state index in [4.69, 9.17) is 14.7 Å². The predicted molar refractivity (Wildman–Crippen MR) is 231 cm³/mol. The molecular formula is C49H73N3O3. The topological polar surface area (TPSA) is 75.4 Å². The Hall–Kier alpha value is -3.79. The number of nitrogens with zero attached hydrogens (tertiary/aromatic N) is 3. The van der Waals surface area contributed by atoms with Gasteiger partial charge in [-0.3, -0.25) is 14.7 Å². The number of para-hydroxylation sites is 1. The van der Waals surface area contributed by atoms with E-state index in [1.807, 2.05) is 38.1 Å². The van der Waals surface area contributed by atoms with E-state index >= 15 is 0 Å².